The van der Waals surface area contributed by atoms with Crippen LogP contribution < -0.4 is 5.43 Å². The van der Waals surface area contributed by atoms with Crippen LogP contribution in [0.3, 0.4) is 0 Å². The molecule has 4 rings (SSSR count). The highest BCUT2D eigenvalue weighted by molar-refractivity contribution is 7.85. The molecule has 0 N–H and O–H groups in total. The second-order valence-corrected chi connectivity index (χ2v) is 9.50. The lowest BCUT2D eigenvalue weighted by Crippen LogP contribution is -2.32. The molecule has 1 aromatic heterocycles. The summed E-state index contributed by atoms with van der Waals surface area (Å²) in [7, 11) is -4.07. The number of amides is 2. The molecule has 1 aliphatic rings. The van der Waals surface area contributed by atoms with E-state index in [1.54, 1.807) is 0 Å². The monoisotopic (exact) mass is 417 g/mol. The predicted molar refractivity (Wildman–Crippen MR) is 106 cm³/mol. The highest BCUT2D eigenvalue weighted by Crippen LogP contribution is 2.35. The van der Waals surface area contributed by atoms with Crippen molar-refractivity contribution >= 4 is 53.4 Å². The fraction of sp³-hybridized carbons (Fsp3) is 0.211. The van der Waals surface area contributed by atoms with Crippen molar-refractivity contribution in [3.05, 3.63) is 57.2 Å². The SMILES string of the molecule is CC(C)c1ccc2sc3c4c(ccc3c(=O)c2c1)C(=O)N(OS(C)(=O)=O)C4=O. The van der Waals surface area contributed by atoms with E-state index in [1.165, 1.54) is 23.5 Å². The number of hydroxylamine groups is 2. The highest BCUT2D eigenvalue weighted by atomic mass is 32.2. The first kappa shape index (κ1) is 18.7. The van der Waals surface area contributed by atoms with Crippen LogP contribution in [0.1, 0.15) is 46.0 Å². The van der Waals surface area contributed by atoms with Gasteiger partial charge >= 0.3 is 0 Å². The topological polar surface area (TPSA) is 97.8 Å². The van der Waals surface area contributed by atoms with Gasteiger partial charge in [-0.15, -0.1) is 20.7 Å². The number of carbonyl (C=O) groups is 2. The summed E-state index contributed by atoms with van der Waals surface area (Å²) < 4.78 is 28.4. The van der Waals surface area contributed by atoms with Gasteiger partial charge in [-0.25, -0.2) is 0 Å². The van der Waals surface area contributed by atoms with E-state index in [-0.39, 0.29) is 27.5 Å². The second-order valence-electron chi connectivity index (χ2n) is 6.89. The molecule has 0 unspecified atom stereocenters. The zero-order valence-corrected chi connectivity index (χ0v) is 16.8. The fourth-order valence-electron chi connectivity index (χ4n) is 3.19. The first-order valence-corrected chi connectivity index (χ1v) is 11.0. The number of fused-ring (bicyclic) bond motifs is 4. The van der Waals surface area contributed by atoms with Gasteiger partial charge in [-0.05, 0) is 35.7 Å². The van der Waals surface area contributed by atoms with E-state index in [0.29, 0.717) is 20.2 Å². The lowest BCUT2D eigenvalue weighted by Gasteiger charge is -2.10. The summed E-state index contributed by atoms with van der Waals surface area (Å²) in [6.45, 7) is 4.06. The molecule has 7 nitrogen and oxygen atoms in total. The van der Waals surface area contributed by atoms with Crippen molar-refractivity contribution in [2.75, 3.05) is 6.26 Å². The smallest absolute Gasteiger partial charge is 0.288 e. The molecular weight excluding hydrogens is 402 g/mol. The lowest BCUT2D eigenvalue weighted by atomic mass is 10.0. The number of rotatable bonds is 3. The van der Waals surface area contributed by atoms with Crippen LogP contribution in [0.15, 0.2) is 35.1 Å². The Labute approximate surface area is 164 Å². The summed E-state index contributed by atoms with van der Waals surface area (Å²) in [5, 5.41) is 1.08. The largest absolute Gasteiger partial charge is 0.289 e. The Kier molecular flexibility index (Phi) is 4.14. The van der Waals surface area contributed by atoms with E-state index < -0.39 is 21.9 Å². The van der Waals surface area contributed by atoms with Gasteiger partial charge in [0.05, 0.1) is 22.1 Å². The van der Waals surface area contributed by atoms with Crippen LogP contribution >= 0.6 is 11.3 Å². The highest BCUT2D eigenvalue weighted by Gasteiger charge is 2.41. The van der Waals surface area contributed by atoms with E-state index in [2.05, 4.69) is 4.28 Å². The van der Waals surface area contributed by atoms with E-state index in [9.17, 15) is 22.8 Å². The van der Waals surface area contributed by atoms with Gasteiger partial charge in [-0.2, -0.15) is 8.42 Å². The Bertz CT molecular complexity index is 1350. The van der Waals surface area contributed by atoms with Gasteiger partial charge in [0.25, 0.3) is 21.9 Å². The van der Waals surface area contributed by atoms with Crippen molar-refractivity contribution in [1.29, 1.82) is 0 Å². The van der Waals surface area contributed by atoms with Crippen LogP contribution in [0, 0.1) is 0 Å². The maximum absolute atomic E-state index is 13.0. The van der Waals surface area contributed by atoms with Gasteiger partial charge in [-0.1, -0.05) is 19.9 Å². The van der Waals surface area contributed by atoms with Gasteiger partial charge in [0.15, 0.2) is 5.43 Å². The molecule has 144 valence electrons. The molecule has 0 saturated heterocycles. The van der Waals surface area contributed by atoms with Crippen LogP contribution in [0.5, 0.6) is 0 Å². The molecule has 9 heteroatoms. The molecule has 0 radical (unpaired) electrons. The van der Waals surface area contributed by atoms with Crippen molar-refractivity contribution < 1.29 is 22.3 Å². The third kappa shape index (κ3) is 2.83. The molecule has 0 bridgehead atoms. The molecule has 28 heavy (non-hydrogen) atoms. The first-order chi connectivity index (χ1) is 13.1. The molecule has 2 aromatic carbocycles. The molecule has 0 saturated carbocycles. The molecule has 2 heterocycles. The Morgan fingerprint density at radius 2 is 1.71 bits per heavy atom. The van der Waals surface area contributed by atoms with Gasteiger partial charge in [0.1, 0.15) is 0 Å². The summed E-state index contributed by atoms with van der Waals surface area (Å²) in [6, 6.07) is 8.43. The first-order valence-electron chi connectivity index (χ1n) is 8.40. The molecule has 0 aliphatic carbocycles. The van der Waals surface area contributed by atoms with E-state index in [4.69, 9.17) is 0 Å². The number of carbonyl (C=O) groups excluding carboxylic acids is 2. The molecule has 1 aliphatic heterocycles. The number of imide groups is 1. The summed E-state index contributed by atoms with van der Waals surface area (Å²) in [6.07, 6.45) is 0.743. The quantitative estimate of drug-likeness (QED) is 0.480. The van der Waals surface area contributed by atoms with Crippen LogP contribution in [-0.4, -0.2) is 31.6 Å². The average molecular weight is 417 g/mol. The number of benzene rings is 2. The van der Waals surface area contributed by atoms with Crippen LogP contribution in [0.4, 0.5) is 0 Å². The van der Waals surface area contributed by atoms with Gasteiger partial charge in [-0.3, -0.25) is 14.4 Å². The summed E-state index contributed by atoms with van der Waals surface area (Å²) in [5.74, 6) is -1.52. The van der Waals surface area contributed by atoms with E-state index >= 15 is 0 Å². The predicted octanol–water partition coefficient (Wildman–Crippen LogP) is 3.03. The lowest BCUT2D eigenvalue weighted by molar-refractivity contribution is -0.00972. The normalized spacial score (nSPS) is 14.5. The van der Waals surface area contributed by atoms with Crippen molar-refractivity contribution in [1.82, 2.24) is 5.06 Å². The Morgan fingerprint density at radius 3 is 2.36 bits per heavy atom. The van der Waals surface area contributed by atoms with E-state index in [1.807, 2.05) is 32.0 Å². The van der Waals surface area contributed by atoms with Crippen molar-refractivity contribution in [3.8, 4) is 0 Å². The zero-order chi connectivity index (χ0) is 20.4. The van der Waals surface area contributed by atoms with E-state index in [0.717, 1.165) is 11.8 Å². The fourth-order valence-corrected chi connectivity index (χ4v) is 4.79. The standard InChI is InChI=1S/C19H15NO6S2/c1-9(2)10-4-7-14-13(8-10)16(21)12-6-5-11-15(17(12)27-14)19(23)20(18(11)22)26-28(3,24)25/h4-9H,1-3H3. The molecule has 2 amide bonds. The average Bonchev–Trinajstić information content (AvgIpc) is 2.85. The Hall–Kier alpha value is -2.62. The minimum absolute atomic E-state index is 0.00921. The van der Waals surface area contributed by atoms with Crippen molar-refractivity contribution in [2.24, 2.45) is 0 Å². The minimum Gasteiger partial charge on any atom is -0.289 e. The van der Waals surface area contributed by atoms with Gasteiger partial charge in [0, 0.05) is 15.5 Å². The Balaban J connectivity index is 2.00. The number of hydrogen-bond acceptors (Lipinski definition) is 7. The van der Waals surface area contributed by atoms with Crippen molar-refractivity contribution in [2.45, 2.75) is 19.8 Å². The third-order valence-corrected chi connectivity index (χ3v) is 6.18. The molecule has 0 atom stereocenters. The summed E-state index contributed by atoms with van der Waals surface area (Å²) in [4.78, 5) is 38.2. The second kappa shape index (κ2) is 6.20. The van der Waals surface area contributed by atoms with Gasteiger partial charge < -0.3 is 0 Å². The van der Waals surface area contributed by atoms with Crippen LogP contribution in [-0.2, 0) is 14.4 Å². The molecular formula is C19H15NO6S2. The summed E-state index contributed by atoms with van der Waals surface area (Å²) in [5.41, 5.74) is 0.783. The summed E-state index contributed by atoms with van der Waals surface area (Å²) >= 11 is 1.21. The minimum atomic E-state index is -4.07. The van der Waals surface area contributed by atoms with Crippen LogP contribution in [0.25, 0.3) is 20.2 Å². The molecule has 0 fully saturated rings. The molecule has 0 spiro atoms. The number of nitrogens with zero attached hydrogens (tertiary/aromatic N) is 1. The molecule has 3 aromatic rings. The maximum Gasteiger partial charge on any atom is 0.288 e. The maximum atomic E-state index is 13.0. The van der Waals surface area contributed by atoms with Gasteiger partial charge in [0.2, 0.25) is 0 Å². The third-order valence-electron chi connectivity index (χ3n) is 4.55. The zero-order valence-electron chi connectivity index (χ0n) is 15.2. The van der Waals surface area contributed by atoms with Crippen LogP contribution in [0.2, 0.25) is 0 Å². The van der Waals surface area contributed by atoms with Crippen molar-refractivity contribution in [3.63, 3.8) is 0 Å². The Morgan fingerprint density at radius 1 is 1.00 bits per heavy atom. The number of hydrogen-bond donors (Lipinski definition) is 0.